The van der Waals surface area contributed by atoms with E-state index in [1.807, 2.05) is 6.92 Å². The first kappa shape index (κ1) is 22.9. The van der Waals surface area contributed by atoms with Gasteiger partial charge in [-0.1, -0.05) is 31.4 Å². The highest BCUT2D eigenvalue weighted by atomic mass is 35.5. The van der Waals surface area contributed by atoms with Gasteiger partial charge in [0.05, 0.1) is 17.0 Å². The van der Waals surface area contributed by atoms with Crippen molar-refractivity contribution in [2.45, 2.75) is 45.1 Å². The molecule has 1 aliphatic rings. The molecule has 0 amide bonds. The summed E-state index contributed by atoms with van der Waals surface area (Å²) >= 11 is 6.07. The number of fused-ring (bicyclic) bond motifs is 1. The number of rotatable bonds is 8. The summed E-state index contributed by atoms with van der Waals surface area (Å²) in [6.45, 7) is 2.75. The summed E-state index contributed by atoms with van der Waals surface area (Å²) in [5.41, 5.74) is 1.28. The molecule has 8 nitrogen and oxygen atoms in total. The Kier molecular flexibility index (Phi) is 6.92. The van der Waals surface area contributed by atoms with Gasteiger partial charge in [-0.3, -0.25) is 0 Å². The van der Waals surface area contributed by atoms with Crippen LogP contribution in [0.1, 0.15) is 39.0 Å². The van der Waals surface area contributed by atoms with E-state index in [1.54, 1.807) is 16.6 Å². The first-order chi connectivity index (χ1) is 15.4. The molecular formula is C21H26ClFN6O2S. The number of H-pyrrole nitrogens is 1. The maximum absolute atomic E-state index is 14.5. The standard InChI is InChI=1S/C21H26ClFN6O2S/c1-2-3-8-32(30,31)29-7-5-4-6-15(29)11-25-21-18(23)13-27-20(28-21)17-12-26-19-16(17)9-14(22)10-24-19/h9-10,12-13,15H,2-8,11H2,1H3,(H,24,26)(H,25,27,28)/t15-/m1/s1. The van der Waals surface area contributed by atoms with Crippen LogP contribution in [0.5, 0.6) is 0 Å². The maximum Gasteiger partial charge on any atom is 0.214 e. The van der Waals surface area contributed by atoms with Crippen LogP contribution in [0.15, 0.2) is 24.7 Å². The summed E-state index contributed by atoms with van der Waals surface area (Å²) in [6, 6.07) is 1.51. The van der Waals surface area contributed by atoms with Gasteiger partial charge in [-0.25, -0.2) is 27.8 Å². The Hall–Kier alpha value is -2.30. The fourth-order valence-corrected chi connectivity index (χ4v) is 6.07. The topological polar surface area (TPSA) is 104 Å². The molecule has 0 saturated carbocycles. The van der Waals surface area contributed by atoms with E-state index in [0.29, 0.717) is 35.0 Å². The lowest BCUT2D eigenvalue weighted by Crippen LogP contribution is -2.47. The van der Waals surface area contributed by atoms with Crippen LogP contribution in [-0.4, -0.2) is 57.5 Å². The van der Waals surface area contributed by atoms with E-state index >= 15 is 0 Å². The van der Waals surface area contributed by atoms with Crippen LogP contribution in [0, 0.1) is 5.82 Å². The summed E-state index contributed by atoms with van der Waals surface area (Å²) in [4.78, 5) is 15.7. The van der Waals surface area contributed by atoms with Crippen LogP contribution in [0.3, 0.4) is 0 Å². The van der Waals surface area contributed by atoms with Crippen LogP contribution in [-0.2, 0) is 10.0 Å². The predicted molar refractivity (Wildman–Crippen MR) is 124 cm³/mol. The molecule has 2 N–H and O–H groups in total. The zero-order valence-corrected chi connectivity index (χ0v) is 19.4. The Bertz CT molecular complexity index is 1200. The minimum absolute atomic E-state index is 0.0378. The monoisotopic (exact) mass is 480 g/mol. The van der Waals surface area contributed by atoms with Crippen molar-refractivity contribution in [3.8, 4) is 11.4 Å². The maximum atomic E-state index is 14.5. The number of hydrogen-bond donors (Lipinski definition) is 2. The lowest BCUT2D eigenvalue weighted by molar-refractivity contribution is 0.261. The van der Waals surface area contributed by atoms with E-state index in [-0.39, 0.29) is 24.2 Å². The third kappa shape index (κ3) is 4.87. The van der Waals surface area contributed by atoms with Gasteiger partial charge in [0.2, 0.25) is 10.0 Å². The van der Waals surface area contributed by atoms with Gasteiger partial charge in [0.25, 0.3) is 0 Å². The number of aromatic nitrogens is 4. The molecule has 0 spiro atoms. The predicted octanol–water partition coefficient (Wildman–Crippen LogP) is 4.21. The lowest BCUT2D eigenvalue weighted by Gasteiger charge is -2.35. The number of pyridine rings is 1. The van der Waals surface area contributed by atoms with Crippen molar-refractivity contribution in [1.82, 2.24) is 24.2 Å². The number of sulfonamides is 1. The molecule has 0 radical (unpaired) electrons. The second-order valence-electron chi connectivity index (χ2n) is 7.95. The summed E-state index contributed by atoms with van der Waals surface area (Å²) in [7, 11) is -3.34. The van der Waals surface area contributed by atoms with Crippen LogP contribution < -0.4 is 5.32 Å². The molecule has 32 heavy (non-hydrogen) atoms. The molecule has 1 aliphatic heterocycles. The van der Waals surface area contributed by atoms with Crippen molar-refractivity contribution >= 4 is 38.5 Å². The van der Waals surface area contributed by atoms with Crippen molar-refractivity contribution < 1.29 is 12.8 Å². The normalized spacial score (nSPS) is 17.7. The van der Waals surface area contributed by atoms with E-state index in [0.717, 1.165) is 37.3 Å². The van der Waals surface area contributed by atoms with E-state index in [9.17, 15) is 12.8 Å². The lowest BCUT2D eigenvalue weighted by atomic mass is 10.1. The van der Waals surface area contributed by atoms with Gasteiger partial charge in [-0.2, -0.15) is 4.31 Å². The van der Waals surface area contributed by atoms with Gasteiger partial charge in [0.15, 0.2) is 17.5 Å². The molecule has 0 bridgehead atoms. The Morgan fingerprint density at radius 2 is 2.16 bits per heavy atom. The Labute approximate surface area is 191 Å². The molecule has 1 fully saturated rings. The van der Waals surface area contributed by atoms with Crippen molar-refractivity contribution in [3.63, 3.8) is 0 Å². The molecule has 4 heterocycles. The highest BCUT2D eigenvalue weighted by molar-refractivity contribution is 7.89. The minimum Gasteiger partial charge on any atom is -0.366 e. The fourth-order valence-electron chi connectivity index (χ4n) is 3.99. The van der Waals surface area contributed by atoms with E-state index in [1.165, 1.54) is 6.20 Å². The Morgan fingerprint density at radius 3 is 2.97 bits per heavy atom. The largest absolute Gasteiger partial charge is 0.366 e. The first-order valence-electron chi connectivity index (χ1n) is 10.8. The highest BCUT2D eigenvalue weighted by Gasteiger charge is 2.31. The third-order valence-electron chi connectivity index (χ3n) is 5.67. The summed E-state index contributed by atoms with van der Waals surface area (Å²) in [5.74, 6) is -0.0968. The number of anilines is 1. The van der Waals surface area contributed by atoms with Crippen LogP contribution in [0.4, 0.5) is 10.2 Å². The van der Waals surface area contributed by atoms with Gasteiger partial charge in [-0.05, 0) is 25.3 Å². The van der Waals surface area contributed by atoms with Crippen LogP contribution in [0.2, 0.25) is 5.02 Å². The number of unbranched alkanes of at least 4 members (excludes halogenated alkanes) is 1. The highest BCUT2D eigenvalue weighted by Crippen LogP contribution is 2.28. The van der Waals surface area contributed by atoms with Crippen LogP contribution >= 0.6 is 11.6 Å². The second-order valence-corrected chi connectivity index (χ2v) is 10.4. The van der Waals surface area contributed by atoms with Gasteiger partial charge < -0.3 is 10.3 Å². The molecule has 1 saturated heterocycles. The molecule has 3 aromatic heterocycles. The SMILES string of the molecule is CCCCS(=O)(=O)N1CCCC[C@@H]1CNc1nc(-c2c[nH]c3ncc(Cl)cc23)ncc1F. The van der Waals surface area contributed by atoms with Crippen molar-refractivity contribution in [3.05, 3.63) is 35.5 Å². The average Bonchev–Trinajstić information content (AvgIpc) is 3.20. The Balaban J connectivity index is 1.55. The molecule has 3 aromatic rings. The molecule has 0 aliphatic carbocycles. The third-order valence-corrected chi connectivity index (χ3v) is 7.88. The summed E-state index contributed by atoms with van der Waals surface area (Å²) < 4.78 is 41.6. The minimum atomic E-state index is -3.34. The van der Waals surface area contributed by atoms with Crippen molar-refractivity contribution in [1.29, 1.82) is 0 Å². The number of hydrogen-bond acceptors (Lipinski definition) is 6. The van der Waals surface area contributed by atoms with Crippen molar-refractivity contribution in [2.24, 2.45) is 0 Å². The van der Waals surface area contributed by atoms with Gasteiger partial charge >= 0.3 is 0 Å². The van der Waals surface area contributed by atoms with Crippen molar-refractivity contribution in [2.75, 3.05) is 24.2 Å². The average molecular weight is 481 g/mol. The van der Waals surface area contributed by atoms with E-state index < -0.39 is 15.8 Å². The zero-order chi connectivity index (χ0) is 22.7. The molecule has 11 heteroatoms. The molecular weight excluding hydrogens is 455 g/mol. The Morgan fingerprint density at radius 1 is 1.31 bits per heavy atom. The number of halogens is 2. The quantitative estimate of drug-likeness (QED) is 0.500. The van der Waals surface area contributed by atoms with E-state index in [2.05, 4.69) is 25.3 Å². The molecule has 172 valence electrons. The molecule has 0 unspecified atom stereocenters. The number of nitrogens with one attached hydrogen (secondary N) is 2. The molecule has 1 atom stereocenters. The first-order valence-corrected chi connectivity index (χ1v) is 12.8. The van der Waals surface area contributed by atoms with Gasteiger partial charge in [0, 0.05) is 42.5 Å². The molecule has 0 aromatic carbocycles. The smallest absolute Gasteiger partial charge is 0.214 e. The zero-order valence-electron chi connectivity index (χ0n) is 17.8. The summed E-state index contributed by atoms with van der Waals surface area (Å²) in [5, 5.41) is 4.22. The van der Waals surface area contributed by atoms with Gasteiger partial charge in [0.1, 0.15) is 5.65 Å². The number of aromatic amines is 1. The second kappa shape index (κ2) is 9.68. The summed E-state index contributed by atoms with van der Waals surface area (Å²) in [6.07, 6.45) is 8.30. The molecule has 4 rings (SSSR count). The van der Waals surface area contributed by atoms with Gasteiger partial charge in [-0.15, -0.1) is 0 Å². The number of piperidine rings is 1. The number of nitrogens with zero attached hydrogens (tertiary/aromatic N) is 4. The van der Waals surface area contributed by atoms with Crippen LogP contribution in [0.25, 0.3) is 22.4 Å². The van der Waals surface area contributed by atoms with E-state index in [4.69, 9.17) is 11.6 Å². The fraction of sp³-hybridized carbons (Fsp3) is 0.476.